The SMILES string of the molecule is CNc1c(Cl)cc(C(=O)N(CCO)C(C)C)cc1[N+](=O)[O-]. The largest absolute Gasteiger partial charge is 0.395 e. The zero-order valence-corrected chi connectivity index (χ0v) is 12.8. The number of rotatable bonds is 6. The molecule has 0 fully saturated rings. The highest BCUT2D eigenvalue weighted by molar-refractivity contribution is 6.34. The van der Waals surface area contributed by atoms with Gasteiger partial charge in [-0.3, -0.25) is 14.9 Å². The second kappa shape index (κ2) is 7.24. The highest BCUT2D eigenvalue weighted by atomic mass is 35.5. The standard InChI is InChI=1S/C13H18ClN3O4/c1-8(2)16(4-5-18)13(19)9-6-10(14)12(15-3)11(7-9)17(20)21/h6-8,15,18H,4-5H2,1-3H3. The van der Waals surface area contributed by atoms with Gasteiger partial charge in [0.1, 0.15) is 5.69 Å². The monoisotopic (exact) mass is 315 g/mol. The third-order valence-electron chi connectivity index (χ3n) is 2.99. The Morgan fingerprint density at radius 3 is 2.57 bits per heavy atom. The Labute approximate surface area is 127 Å². The number of benzene rings is 1. The maximum Gasteiger partial charge on any atom is 0.294 e. The van der Waals surface area contributed by atoms with E-state index >= 15 is 0 Å². The summed E-state index contributed by atoms with van der Waals surface area (Å²) in [6.07, 6.45) is 0. The molecule has 21 heavy (non-hydrogen) atoms. The molecule has 1 aromatic carbocycles. The van der Waals surface area contributed by atoms with Crippen LogP contribution in [-0.4, -0.2) is 47.1 Å². The lowest BCUT2D eigenvalue weighted by Gasteiger charge is -2.26. The third-order valence-corrected chi connectivity index (χ3v) is 3.29. The van der Waals surface area contributed by atoms with Crippen molar-refractivity contribution in [2.45, 2.75) is 19.9 Å². The first-order chi connectivity index (χ1) is 9.83. The van der Waals surface area contributed by atoms with Gasteiger partial charge in [0.2, 0.25) is 0 Å². The van der Waals surface area contributed by atoms with Crippen molar-refractivity contribution in [2.24, 2.45) is 0 Å². The van der Waals surface area contributed by atoms with Crippen LogP contribution in [0, 0.1) is 10.1 Å². The predicted octanol–water partition coefficient (Wildman–Crippen LogP) is 2.13. The minimum absolute atomic E-state index is 0.0998. The van der Waals surface area contributed by atoms with E-state index in [0.717, 1.165) is 0 Å². The molecule has 0 saturated carbocycles. The van der Waals surface area contributed by atoms with Crippen LogP contribution in [0.2, 0.25) is 5.02 Å². The average Bonchev–Trinajstić information content (AvgIpc) is 2.42. The van der Waals surface area contributed by atoms with Gasteiger partial charge in [0, 0.05) is 31.3 Å². The number of nitrogens with one attached hydrogen (secondary N) is 1. The number of nitrogens with zero attached hydrogens (tertiary/aromatic N) is 2. The number of nitro groups is 1. The number of hydrogen-bond acceptors (Lipinski definition) is 5. The predicted molar refractivity (Wildman–Crippen MR) is 80.9 cm³/mol. The molecule has 0 unspecified atom stereocenters. The second-order valence-corrected chi connectivity index (χ2v) is 5.08. The van der Waals surface area contributed by atoms with Crippen LogP contribution in [0.15, 0.2) is 12.1 Å². The number of anilines is 1. The lowest BCUT2D eigenvalue weighted by molar-refractivity contribution is -0.384. The van der Waals surface area contributed by atoms with Crippen LogP contribution in [0.3, 0.4) is 0 Å². The average molecular weight is 316 g/mol. The van der Waals surface area contributed by atoms with E-state index in [9.17, 15) is 14.9 Å². The fourth-order valence-electron chi connectivity index (χ4n) is 1.97. The van der Waals surface area contributed by atoms with E-state index in [1.54, 1.807) is 13.8 Å². The summed E-state index contributed by atoms with van der Waals surface area (Å²) in [7, 11) is 1.52. The van der Waals surface area contributed by atoms with Crippen molar-refractivity contribution < 1.29 is 14.8 Å². The van der Waals surface area contributed by atoms with Crippen molar-refractivity contribution in [3.8, 4) is 0 Å². The molecule has 8 heteroatoms. The molecular formula is C13H18ClN3O4. The molecule has 1 aromatic rings. The molecule has 7 nitrogen and oxygen atoms in total. The van der Waals surface area contributed by atoms with Gasteiger partial charge >= 0.3 is 0 Å². The van der Waals surface area contributed by atoms with Gasteiger partial charge in [0.15, 0.2) is 0 Å². The Morgan fingerprint density at radius 2 is 2.14 bits per heavy atom. The molecule has 0 aliphatic carbocycles. The molecule has 0 atom stereocenters. The highest BCUT2D eigenvalue weighted by Gasteiger charge is 2.24. The Balaban J connectivity index is 3.30. The lowest BCUT2D eigenvalue weighted by atomic mass is 10.1. The van der Waals surface area contributed by atoms with E-state index in [1.165, 1.54) is 24.1 Å². The summed E-state index contributed by atoms with van der Waals surface area (Å²) in [6.45, 7) is 3.56. The van der Waals surface area contributed by atoms with Crippen LogP contribution in [0.1, 0.15) is 24.2 Å². The van der Waals surface area contributed by atoms with Gasteiger partial charge in [-0.2, -0.15) is 0 Å². The molecule has 116 valence electrons. The van der Waals surface area contributed by atoms with Gasteiger partial charge in [0.25, 0.3) is 11.6 Å². The molecule has 0 aliphatic rings. The number of carbonyl (C=O) groups is 1. The summed E-state index contributed by atoms with van der Waals surface area (Å²) in [6, 6.07) is 2.42. The summed E-state index contributed by atoms with van der Waals surface area (Å²) in [5.74, 6) is -0.410. The Kier molecular flexibility index (Phi) is 5.92. The van der Waals surface area contributed by atoms with Crippen LogP contribution < -0.4 is 5.32 Å². The van der Waals surface area contributed by atoms with Gasteiger partial charge < -0.3 is 15.3 Å². The summed E-state index contributed by atoms with van der Waals surface area (Å²) in [5.41, 5.74) is 0.0189. The van der Waals surface area contributed by atoms with Gasteiger partial charge in [-0.1, -0.05) is 11.6 Å². The number of hydrogen-bond donors (Lipinski definition) is 2. The van der Waals surface area contributed by atoms with Crippen molar-refractivity contribution in [3.05, 3.63) is 32.8 Å². The molecular weight excluding hydrogens is 298 g/mol. The number of halogens is 1. The minimum atomic E-state index is -0.597. The number of amides is 1. The zero-order valence-electron chi connectivity index (χ0n) is 12.1. The van der Waals surface area contributed by atoms with Gasteiger partial charge in [-0.05, 0) is 19.9 Å². The lowest BCUT2D eigenvalue weighted by Crippen LogP contribution is -2.39. The Hall–Kier alpha value is -1.86. The topological polar surface area (TPSA) is 95.7 Å². The summed E-state index contributed by atoms with van der Waals surface area (Å²) >= 11 is 6.00. The van der Waals surface area contributed by atoms with E-state index in [2.05, 4.69) is 5.32 Å². The molecule has 0 saturated heterocycles. The van der Waals surface area contributed by atoms with E-state index in [1.807, 2.05) is 0 Å². The molecule has 0 aromatic heterocycles. The molecule has 1 amide bonds. The van der Waals surface area contributed by atoms with Crippen molar-refractivity contribution in [3.63, 3.8) is 0 Å². The highest BCUT2D eigenvalue weighted by Crippen LogP contribution is 2.33. The fourth-order valence-corrected chi connectivity index (χ4v) is 2.28. The quantitative estimate of drug-likeness (QED) is 0.619. The summed E-state index contributed by atoms with van der Waals surface area (Å²) < 4.78 is 0. The fraction of sp³-hybridized carbons (Fsp3) is 0.462. The van der Waals surface area contributed by atoms with Gasteiger partial charge in [0.05, 0.1) is 16.6 Å². The number of aliphatic hydroxyl groups is 1. The van der Waals surface area contributed by atoms with Crippen molar-refractivity contribution in [2.75, 3.05) is 25.5 Å². The van der Waals surface area contributed by atoms with Crippen LogP contribution >= 0.6 is 11.6 Å². The molecule has 0 radical (unpaired) electrons. The molecule has 0 bridgehead atoms. The minimum Gasteiger partial charge on any atom is -0.395 e. The molecule has 0 spiro atoms. The van der Waals surface area contributed by atoms with Crippen molar-refractivity contribution >= 4 is 28.9 Å². The Morgan fingerprint density at radius 1 is 1.52 bits per heavy atom. The van der Waals surface area contributed by atoms with Gasteiger partial charge in [-0.15, -0.1) is 0 Å². The maximum atomic E-state index is 12.4. The summed E-state index contributed by atoms with van der Waals surface area (Å²) in [5, 5.41) is 22.9. The molecule has 1 rings (SSSR count). The molecule has 2 N–H and O–H groups in total. The van der Waals surface area contributed by atoms with Crippen molar-refractivity contribution in [1.82, 2.24) is 4.90 Å². The summed E-state index contributed by atoms with van der Waals surface area (Å²) in [4.78, 5) is 24.3. The van der Waals surface area contributed by atoms with Gasteiger partial charge in [-0.25, -0.2) is 0 Å². The number of nitro benzene ring substituents is 1. The first-order valence-corrected chi connectivity index (χ1v) is 6.78. The number of aliphatic hydroxyl groups excluding tert-OH is 1. The van der Waals surface area contributed by atoms with Crippen LogP contribution in [0.4, 0.5) is 11.4 Å². The second-order valence-electron chi connectivity index (χ2n) is 4.68. The third kappa shape index (κ3) is 3.83. The van der Waals surface area contributed by atoms with E-state index in [-0.39, 0.29) is 41.2 Å². The molecule has 0 heterocycles. The van der Waals surface area contributed by atoms with E-state index < -0.39 is 10.8 Å². The smallest absolute Gasteiger partial charge is 0.294 e. The first kappa shape index (κ1) is 17.2. The molecule has 0 aliphatic heterocycles. The maximum absolute atomic E-state index is 12.4. The Bertz CT molecular complexity index is 548. The van der Waals surface area contributed by atoms with Crippen molar-refractivity contribution in [1.29, 1.82) is 0 Å². The van der Waals surface area contributed by atoms with Crippen LogP contribution in [-0.2, 0) is 0 Å². The van der Waals surface area contributed by atoms with Crippen LogP contribution in [0.25, 0.3) is 0 Å². The first-order valence-electron chi connectivity index (χ1n) is 6.41. The number of carbonyl (C=O) groups excluding carboxylic acids is 1. The normalized spacial score (nSPS) is 10.6. The van der Waals surface area contributed by atoms with E-state index in [4.69, 9.17) is 16.7 Å². The zero-order chi connectivity index (χ0) is 16.2. The van der Waals surface area contributed by atoms with Crippen LogP contribution in [0.5, 0.6) is 0 Å². The van der Waals surface area contributed by atoms with E-state index in [0.29, 0.717) is 0 Å².